The molecule has 0 amide bonds. The number of aromatic nitrogens is 1. The predicted molar refractivity (Wildman–Crippen MR) is 77.6 cm³/mol. The van der Waals surface area contributed by atoms with E-state index < -0.39 is 0 Å². The van der Waals surface area contributed by atoms with Crippen molar-refractivity contribution < 1.29 is 0 Å². The van der Waals surface area contributed by atoms with Gasteiger partial charge in [0.1, 0.15) is 0 Å². The van der Waals surface area contributed by atoms with E-state index in [1.165, 1.54) is 0 Å². The van der Waals surface area contributed by atoms with Crippen LogP contribution in [0.2, 0.25) is 0 Å². The summed E-state index contributed by atoms with van der Waals surface area (Å²) in [6.07, 6.45) is 0. The lowest BCUT2D eigenvalue weighted by atomic mass is 9.91. The highest BCUT2D eigenvalue weighted by Gasteiger charge is 2.16. The number of pyridine rings is 1. The summed E-state index contributed by atoms with van der Waals surface area (Å²) in [5, 5.41) is 0.745. The molecule has 3 heteroatoms. The molecule has 0 radical (unpaired) electrons. The summed E-state index contributed by atoms with van der Waals surface area (Å²) in [5.74, 6) is 0. The minimum Gasteiger partial charge on any atom is -0.378 e. The van der Waals surface area contributed by atoms with Gasteiger partial charge >= 0.3 is 0 Å². The summed E-state index contributed by atoms with van der Waals surface area (Å²) in [6.45, 7) is 6.29. The lowest BCUT2D eigenvalue weighted by Crippen LogP contribution is -2.18. The van der Waals surface area contributed by atoms with E-state index in [0.717, 1.165) is 22.3 Å². The van der Waals surface area contributed by atoms with Gasteiger partial charge in [0.05, 0.1) is 0 Å². The topological polar surface area (TPSA) is 36.1 Å². The standard InChI is InChI=1S/C15H20N2O/c1-15(2,3)14-9-13(18)11-8-10(17(4)5)6-7-12(11)16-14/h6-9H,1-5H3,(H,16,18). The fourth-order valence-electron chi connectivity index (χ4n) is 1.92. The first-order valence-electron chi connectivity index (χ1n) is 6.14. The molecule has 2 aromatic rings. The molecule has 0 aliphatic carbocycles. The molecular formula is C15H20N2O. The molecule has 0 spiro atoms. The highest BCUT2D eigenvalue weighted by molar-refractivity contribution is 5.82. The van der Waals surface area contributed by atoms with Gasteiger partial charge in [-0.3, -0.25) is 4.79 Å². The minimum atomic E-state index is -0.0480. The third-order valence-corrected chi connectivity index (χ3v) is 3.14. The predicted octanol–water partition coefficient (Wildman–Crippen LogP) is 2.89. The highest BCUT2D eigenvalue weighted by Crippen LogP contribution is 2.22. The molecular weight excluding hydrogens is 224 g/mol. The molecule has 1 heterocycles. The fourth-order valence-corrected chi connectivity index (χ4v) is 1.92. The van der Waals surface area contributed by atoms with Crippen molar-refractivity contribution >= 4 is 16.6 Å². The van der Waals surface area contributed by atoms with E-state index in [0.29, 0.717) is 0 Å². The van der Waals surface area contributed by atoms with Crippen LogP contribution in [0.3, 0.4) is 0 Å². The van der Waals surface area contributed by atoms with Gasteiger partial charge in [-0.2, -0.15) is 0 Å². The van der Waals surface area contributed by atoms with Crippen LogP contribution in [-0.2, 0) is 5.41 Å². The second-order valence-electron chi connectivity index (χ2n) is 5.92. The van der Waals surface area contributed by atoms with Crippen LogP contribution in [-0.4, -0.2) is 19.1 Å². The highest BCUT2D eigenvalue weighted by atomic mass is 16.1. The van der Waals surface area contributed by atoms with Crippen molar-refractivity contribution in [2.45, 2.75) is 26.2 Å². The first-order valence-corrected chi connectivity index (χ1v) is 6.14. The van der Waals surface area contributed by atoms with Crippen LogP contribution in [0.1, 0.15) is 26.5 Å². The van der Waals surface area contributed by atoms with Crippen LogP contribution in [0.5, 0.6) is 0 Å². The van der Waals surface area contributed by atoms with Gasteiger partial charge in [0.25, 0.3) is 0 Å². The van der Waals surface area contributed by atoms with Crippen molar-refractivity contribution in [2.75, 3.05) is 19.0 Å². The Hall–Kier alpha value is -1.77. The summed E-state index contributed by atoms with van der Waals surface area (Å²) in [5.41, 5.74) is 2.94. The quantitative estimate of drug-likeness (QED) is 0.837. The largest absolute Gasteiger partial charge is 0.378 e. The third kappa shape index (κ3) is 2.26. The third-order valence-electron chi connectivity index (χ3n) is 3.14. The van der Waals surface area contributed by atoms with Crippen molar-refractivity contribution in [1.29, 1.82) is 0 Å². The Kier molecular flexibility index (Phi) is 2.93. The second-order valence-corrected chi connectivity index (χ2v) is 5.92. The maximum Gasteiger partial charge on any atom is 0.189 e. The second kappa shape index (κ2) is 4.16. The number of anilines is 1. The fraction of sp³-hybridized carbons (Fsp3) is 0.400. The van der Waals surface area contributed by atoms with Crippen LogP contribution >= 0.6 is 0 Å². The zero-order chi connectivity index (χ0) is 13.5. The molecule has 0 aliphatic heterocycles. The number of rotatable bonds is 1. The van der Waals surface area contributed by atoms with E-state index in [1.54, 1.807) is 6.07 Å². The minimum absolute atomic E-state index is 0.0480. The number of fused-ring (bicyclic) bond motifs is 1. The Morgan fingerprint density at radius 3 is 2.33 bits per heavy atom. The van der Waals surface area contributed by atoms with Gasteiger partial charge in [-0.25, -0.2) is 0 Å². The Morgan fingerprint density at radius 2 is 1.78 bits per heavy atom. The summed E-state index contributed by atoms with van der Waals surface area (Å²) >= 11 is 0. The number of H-pyrrole nitrogens is 1. The molecule has 0 fully saturated rings. The maximum atomic E-state index is 12.2. The molecule has 18 heavy (non-hydrogen) atoms. The van der Waals surface area contributed by atoms with Crippen molar-refractivity contribution in [3.8, 4) is 0 Å². The van der Waals surface area contributed by atoms with Crippen LogP contribution in [0.4, 0.5) is 5.69 Å². The number of nitrogens with zero attached hydrogens (tertiary/aromatic N) is 1. The first kappa shape index (κ1) is 12.7. The van der Waals surface area contributed by atoms with Crippen molar-refractivity contribution in [3.05, 3.63) is 40.2 Å². The Bertz CT molecular complexity index is 633. The summed E-state index contributed by atoms with van der Waals surface area (Å²) < 4.78 is 0. The summed E-state index contributed by atoms with van der Waals surface area (Å²) in [6, 6.07) is 7.63. The van der Waals surface area contributed by atoms with Gasteiger partial charge in [0.2, 0.25) is 0 Å². The average molecular weight is 244 g/mol. The smallest absolute Gasteiger partial charge is 0.189 e. The van der Waals surface area contributed by atoms with Gasteiger partial charge in [0.15, 0.2) is 5.43 Å². The molecule has 1 aromatic carbocycles. The number of nitrogens with one attached hydrogen (secondary N) is 1. The number of aromatic amines is 1. The van der Waals surface area contributed by atoms with Crippen LogP contribution < -0.4 is 10.3 Å². The SMILES string of the molecule is CN(C)c1ccc2[nH]c(C(C)(C)C)cc(=O)c2c1. The van der Waals surface area contributed by atoms with Crippen LogP contribution in [0.15, 0.2) is 29.1 Å². The monoisotopic (exact) mass is 244 g/mol. The van der Waals surface area contributed by atoms with Gasteiger partial charge < -0.3 is 9.88 Å². The molecule has 0 atom stereocenters. The lowest BCUT2D eigenvalue weighted by molar-refractivity contribution is 0.571. The summed E-state index contributed by atoms with van der Waals surface area (Å²) in [4.78, 5) is 17.5. The molecule has 1 N–H and O–H groups in total. The average Bonchev–Trinajstić information content (AvgIpc) is 2.27. The molecule has 0 saturated carbocycles. The summed E-state index contributed by atoms with van der Waals surface area (Å²) in [7, 11) is 3.94. The number of hydrogen-bond acceptors (Lipinski definition) is 2. The van der Waals surface area contributed by atoms with E-state index in [4.69, 9.17) is 0 Å². The lowest BCUT2D eigenvalue weighted by Gasteiger charge is -2.19. The number of benzene rings is 1. The van der Waals surface area contributed by atoms with E-state index in [1.807, 2.05) is 37.2 Å². The zero-order valence-electron chi connectivity index (χ0n) is 11.7. The van der Waals surface area contributed by atoms with Gasteiger partial charge in [-0.05, 0) is 18.2 Å². The van der Waals surface area contributed by atoms with E-state index in [-0.39, 0.29) is 10.8 Å². The molecule has 3 nitrogen and oxygen atoms in total. The molecule has 96 valence electrons. The van der Waals surface area contributed by atoms with Gasteiger partial charge in [0, 0.05) is 47.9 Å². The van der Waals surface area contributed by atoms with Crippen LogP contribution in [0.25, 0.3) is 10.9 Å². The number of hydrogen-bond donors (Lipinski definition) is 1. The molecule has 0 bridgehead atoms. The van der Waals surface area contributed by atoms with Gasteiger partial charge in [-0.1, -0.05) is 20.8 Å². The van der Waals surface area contributed by atoms with E-state index in [9.17, 15) is 4.79 Å². The van der Waals surface area contributed by atoms with Crippen molar-refractivity contribution in [2.24, 2.45) is 0 Å². The normalized spacial score (nSPS) is 11.8. The first-order chi connectivity index (χ1) is 8.29. The molecule has 0 unspecified atom stereocenters. The van der Waals surface area contributed by atoms with Crippen molar-refractivity contribution in [1.82, 2.24) is 4.98 Å². The molecule has 1 aromatic heterocycles. The maximum absolute atomic E-state index is 12.2. The van der Waals surface area contributed by atoms with E-state index in [2.05, 4.69) is 25.8 Å². The van der Waals surface area contributed by atoms with Crippen LogP contribution in [0, 0.1) is 0 Å². The molecule has 0 saturated heterocycles. The Balaban J connectivity index is 2.70. The van der Waals surface area contributed by atoms with E-state index >= 15 is 0 Å². The van der Waals surface area contributed by atoms with Gasteiger partial charge in [-0.15, -0.1) is 0 Å². The molecule has 2 rings (SSSR count). The Morgan fingerprint density at radius 1 is 1.11 bits per heavy atom. The van der Waals surface area contributed by atoms with Crippen molar-refractivity contribution in [3.63, 3.8) is 0 Å². The Labute approximate surface area is 107 Å². The molecule has 0 aliphatic rings. The zero-order valence-corrected chi connectivity index (χ0v) is 11.7.